The predicted octanol–water partition coefficient (Wildman–Crippen LogP) is 1.63. The molecule has 2 fully saturated rings. The zero-order valence-corrected chi connectivity index (χ0v) is 15.2. The Labute approximate surface area is 148 Å². The molecule has 0 unspecified atom stereocenters. The summed E-state index contributed by atoms with van der Waals surface area (Å²) in [6.07, 6.45) is 6.13. The predicted molar refractivity (Wildman–Crippen MR) is 95.3 cm³/mol. The summed E-state index contributed by atoms with van der Waals surface area (Å²) in [6, 6.07) is 3.46. The van der Waals surface area contributed by atoms with Crippen LogP contribution in [0.3, 0.4) is 0 Å². The highest BCUT2D eigenvalue weighted by Gasteiger charge is 2.33. The van der Waals surface area contributed by atoms with Crippen LogP contribution < -0.4 is 10.9 Å². The SMILES string of the molecule is C[C@H](C1CC1)N(C)C(=O)c1cccn(CC(=O)N[C@H](C)C2CC2)c1=O. The van der Waals surface area contributed by atoms with Crippen LogP contribution in [0.4, 0.5) is 0 Å². The standard InChI is InChI=1S/C19H27N3O3/c1-12(14-6-7-14)20-17(23)11-22-10-4-5-16(19(22)25)18(24)21(3)13(2)15-8-9-15/h4-5,10,12-15H,6-9,11H2,1-3H3,(H,20,23)/t12-,13-/m1/s1. The minimum absolute atomic E-state index is 0.0566. The lowest BCUT2D eigenvalue weighted by molar-refractivity contribution is -0.122. The second-order valence-corrected chi connectivity index (χ2v) is 7.54. The van der Waals surface area contributed by atoms with E-state index in [1.165, 1.54) is 4.57 Å². The molecule has 1 aromatic heterocycles. The van der Waals surface area contributed by atoms with E-state index in [-0.39, 0.29) is 36.0 Å². The first-order valence-corrected chi connectivity index (χ1v) is 9.14. The fourth-order valence-electron chi connectivity index (χ4n) is 3.26. The van der Waals surface area contributed by atoms with Crippen molar-refractivity contribution >= 4 is 11.8 Å². The number of rotatable bonds is 7. The summed E-state index contributed by atoms with van der Waals surface area (Å²) in [4.78, 5) is 39.1. The van der Waals surface area contributed by atoms with Crippen molar-refractivity contribution in [3.63, 3.8) is 0 Å². The molecule has 0 aliphatic heterocycles. The van der Waals surface area contributed by atoms with E-state index in [0.29, 0.717) is 11.8 Å². The maximum absolute atomic E-state index is 12.7. The third-order valence-corrected chi connectivity index (χ3v) is 5.52. The van der Waals surface area contributed by atoms with Crippen molar-refractivity contribution in [1.82, 2.24) is 14.8 Å². The number of pyridine rings is 1. The van der Waals surface area contributed by atoms with Crippen molar-refractivity contribution < 1.29 is 9.59 Å². The second-order valence-electron chi connectivity index (χ2n) is 7.54. The molecule has 0 aromatic carbocycles. The van der Waals surface area contributed by atoms with Gasteiger partial charge in [0.1, 0.15) is 12.1 Å². The Morgan fingerprint density at radius 3 is 2.48 bits per heavy atom. The summed E-state index contributed by atoms with van der Waals surface area (Å²) >= 11 is 0. The first-order chi connectivity index (χ1) is 11.9. The molecule has 0 saturated heterocycles. The summed E-state index contributed by atoms with van der Waals surface area (Å²) in [5, 5.41) is 2.94. The van der Waals surface area contributed by atoms with Gasteiger partial charge in [-0.1, -0.05) is 0 Å². The van der Waals surface area contributed by atoms with E-state index in [2.05, 4.69) is 5.32 Å². The normalized spacial score (nSPS) is 19.2. The Balaban J connectivity index is 1.69. The van der Waals surface area contributed by atoms with Crippen LogP contribution in [-0.2, 0) is 11.3 Å². The highest BCUT2D eigenvalue weighted by molar-refractivity contribution is 5.94. The van der Waals surface area contributed by atoms with Gasteiger partial charge in [-0.2, -0.15) is 0 Å². The van der Waals surface area contributed by atoms with Crippen LogP contribution in [0.15, 0.2) is 23.1 Å². The van der Waals surface area contributed by atoms with Crippen LogP contribution in [-0.4, -0.2) is 40.4 Å². The van der Waals surface area contributed by atoms with Crippen LogP contribution in [0.2, 0.25) is 0 Å². The average Bonchev–Trinajstić information content (AvgIpc) is 3.47. The van der Waals surface area contributed by atoms with Crippen LogP contribution in [0.25, 0.3) is 0 Å². The molecule has 2 amide bonds. The van der Waals surface area contributed by atoms with Gasteiger partial charge in [0.2, 0.25) is 5.91 Å². The van der Waals surface area contributed by atoms with Gasteiger partial charge >= 0.3 is 0 Å². The Morgan fingerprint density at radius 2 is 1.88 bits per heavy atom. The molecular weight excluding hydrogens is 318 g/mol. The highest BCUT2D eigenvalue weighted by Crippen LogP contribution is 2.35. The molecule has 3 rings (SSSR count). The van der Waals surface area contributed by atoms with Gasteiger partial charge < -0.3 is 14.8 Å². The zero-order chi connectivity index (χ0) is 18.1. The van der Waals surface area contributed by atoms with E-state index in [0.717, 1.165) is 25.7 Å². The van der Waals surface area contributed by atoms with E-state index in [9.17, 15) is 14.4 Å². The van der Waals surface area contributed by atoms with Gasteiger partial charge in [0, 0.05) is 25.3 Å². The number of carbonyl (C=O) groups is 2. The number of hydrogen-bond acceptors (Lipinski definition) is 3. The molecule has 2 saturated carbocycles. The molecule has 6 heteroatoms. The minimum atomic E-state index is -0.406. The van der Waals surface area contributed by atoms with E-state index in [1.807, 2.05) is 13.8 Å². The molecular formula is C19H27N3O3. The first-order valence-electron chi connectivity index (χ1n) is 9.14. The summed E-state index contributed by atoms with van der Waals surface area (Å²) in [5.41, 5.74) is -0.280. The number of hydrogen-bond donors (Lipinski definition) is 1. The third-order valence-electron chi connectivity index (χ3n) is 5.52. The average molecular weight is 345 g/mol. The maximum atomic E-state index is 12.7. The van der Waals surface area contributed by atoms with Crippen LogP contribution in [0.5, 0.6) is 0 Å². The molecule has 1 heterocycles. The zero-order valence-electron chi connectivity index (χ0n) is 15.2. The smallest absolute Gasteiger partial charge is 0.263 e. The van der Waals surface area contributed by atoms with Crippen molar-refractivity contribution in [3.8, 4) is 0 Å². The summed E-state index contributed by atoms with van der Waals surface area (Å²) in [5.74, 6) is 0.636. The van der Waals surface area contributed by atoms with Crippen molar-refractivity contribution in [2.24, 2.45) is 11.8 Å². The molecule has 136 valence electrons. The van der Waals surface area contributed by atoms with Gasteiger partial charge in [-0.3, -0.25) is 14.4 Å². The lowest BCUT2D eigenvalue weighted by atomic mass is 10.1. The summed E-state index contributed by atoms with van der Waals surface area (Å²) < 4.78 is 1.32. The van der Waals surface area contributed by atoms with E-state index in [4.69, 9.17) is 0 Å². The van der Waals surface area contributed by atoms with E-state index in [1.54, 1.807) is 30.3 Å². The number of nitrogens with one attached hydrogen (secondary N) is 1. The molecule has 0 spiro atoms. The molecule has 2 atom stereocenters. The molecule has 6 nitrogen and oxygen atoms in total. The Bertz CT molecular complexity index is 719. The lowest BCUT2D eigenvalue weighted by Gasteiger charge is -2.24. The quantitative estimate of drug-likeness (QED) is 0.816. The van der Waals surface area contributed by atoms with E-state index >= 15 is 0 Å². The Morgan fingerprint density at radius 1 is 1.24 bits per heavy atom. The number of nitrogens with zero attached hydrogens (tertiary/aromatic N) is 2. The highest BCUT2D eigenvalue weighted by atomic mass is 16.2. The largest absolute Gasteiger partial charge is 0.352 e. The molecule has 2 aliphatic carbocycles. The third kappa shape index (κ3) is 4.11. The monoisotopic (exact) mass is 345 g/mol. The first kappa shape index (κ1) is 17.7. The molecule has 0 bridgehead atoms. The van der Waals surface area contributed by atoms with E-state index < -0.39 is 5.56 Å². The van der Waals surface area contributed by atoms with Gasteiger partial charge in [0.15, 0.2) is 0 Å². The second kappa shape index (κ2) is 7.02. The van der Waals surface area contributed by atoms with Gasteiger partial charge in [0.25, 0.3) is 11.5 Å². The molecule has 1 N–H and O–H groups in total. The van der Waals surface area contributed by atoms with Crippen molar-refractivity contribution in [3.05, 3.63) is 34.2 Å². The Hall–Kier alpha value is -2.11. The van der Waals surface area contributed by atoms with Gasteiger partial charge in [-0.05, 0) is 63.5 Å². The van der Waals surface area contributed by atoms with Crippen LogP contribution in [0, 0.1) is 11.8 Å². The minimum Gasteiger partial charge on any atom is -0.352 e. The van der Waals surface area contributed by atoms with Crippen molar-refractivity contribution in [2.75, 3.05) is 7.05 Å². The topological polar surface area (TPSA) is 71.4 Å². The fourth-order valence-corrected chi connectivity index (χ4v) is 3.26. The number of amides is 2. The fraction of sp³-hybridized carbons (Fsp3) is 0.632. The van der Waals surface area contributed by atoms with Gasteiger partial charge in [-0.25, -0.2) is 0 Å². The molecule has 1 aromatic rings. The lowest BCUT2D eigenvalue weighted by Crippen LogP contribution is -2.42. The number of carbonyl (C=O) groups excluding carboxylic acids is 2. The van der Waals surface area contributed by atoms with Crippen molar-refractivity contribution in [1.29, 1.82) is 0 Å². The Kier molecular flexibility index (Phi) is 4.97. The molecule has 2 aliphatic rings. The number of aromatic nitrogens is 1. The van der Waals surface area contributed by atoms with Crippen molar-refractivity contribution in [2.45, 2.75) is 58.2 Å². The summed E-state index contributed by atoms with van der Waals surface area (Å²) in [6.45, 7) is 3.95. The van der Waals surface area contributed by atoms with Crippen LogP contribution >= 0.6 is 0 Å². The molecule has 0 radical (unpaired) electrons. The molecule has 25 heavy (non-hydrogen) atoms. The van der Waals surface area contributed by atoms with Crippen LogP contribution in [0.1, 0.15) is 49.9 Å². The summed E-state index contributed by atoms with van der Waals surface area (Å²) in [7, 11) is 1.74. The maximum Gasteiger partial charge on any atom is 0.263 e. The van der Waals surface area contributed by atoms with Gasteiger partial charge in [-0.15, -0.1) is 0 Å². The van der Waals surface area contributed by atoms with Gasteiger partial charge in [0.05, 0.1) is 0 Å².